The van der Waals surface area contributed by atoms with E-state index in [0.29, 0.717) is 16.4 Å². The lowest BCUT2D eigenvalue weighted by Gasteiger charge is -2.23. The van der Waals surface area contributed by atoms with Gasteiger partial charge in [-0.1, -0.05) is 25.1 Å². The van der Waals surface area contributed by atoms with Crippen molar-refractivity contribution < 1.29 is 9.53 Å². The first-order chi connectivity index (χ1) is 15.6. The molecule has 7 nitrogen and oxygen atoms in total. The lowest BCUT2D eigenvalue weighted by molar-refractivity contribution is 0.102. The quantitative estimate of drug-likeness (QED) is 0.477. The predicted molar refractivity (Wildman–Crippen MR) is 125 cm³/mol. The fraction of sp³-hybridized carbons (Fsp3) is 0.292. The van der Waals surface area contributed by atoms with E-state index in [1.54, 1.807) is 17.4 Å². The Labute approximate surface area is 190 Å². The molecule has 164 valence electrons. The standard InChI is InChI=1S/C24H25N5O2S/c1-3-28-12-10-19-21(14-28)32-24(26-19)27-23(30)18-8-4-5-9-20(18)31-15-17-13-29-11-6-7-16(2)22(29)25-17/h4-9,11,13H,3,10,12,14-15H2,1-2H3,(H,26,27,30). The number of thiazole rings is 1. The summed E-state index contributed by atoms with van der Waals surface area (Å²) in [5, 5.41) is 3.61. The van der Waals surface area contributed by atoms with Crippen LogP contribution in [-0.4, -0.2) is 38.3 Å². The van der Waals surface area contributed by atoms with Crippen LogP contribution in [0.1, 0.15) is 39.1 Å². The molecular formula is C24H25N5O2S. The normalized spacial score (nSPS) is 13.8. The number of para-hydroxylation sites is 1. The first-order valence-electron chi connectivity index (χ1n) is 10.8. The minimum absolute atomic E-state index is 0.218. The predicted octanol–water partition coefficient (Wildman–Crippen LogP) is 4.31. The highest BCUT2D eigenvalue weighted by atomic mass is 32.1. The second kappa shape index (κ2) is 8.72. The van der Waals surface area contributed by atoms with Crippen LogP contribution in [-0.2, 0) is 19.6 Å². The van der Waals surface area contributed by atoms with Gasteiger partial charge in [-0.2, -0.15) is 0 Å². The zero-order valence-corrected chi connectivity index (χ0v) is 19.0. The number of fused-ring (bicyclic) bond motifs is 2. The average molecular weight is 448 g/mol. The molecule has 4 heterocycles. The molecule has 0 aliphatic carbocycles. The van der Waals surface area contributed by atoms with Crippen LogP contribution in [0.5, 0.6) is 5.75 Å². The van der Waals surface area contributed by atoms with Gasteiger partial charge in [-0.05, 0) is 37.2 Å². The molecule has 1 aliphatic rings. The average Bonchev–Trinajstić information content (AvgIpc) is 3.41. The molecule has 0 atom stereocenters. The van der Waals surface area contributed by atoms with Gasteiger partial charge in [-0.3, -0.25) is 15.0 Å². The van der Waals surface area contributed by atoms with Crippen LogP contribution in [0.15, 0.2) is 48.8 Å². The number of amides is 1. The molecule has 0 fully saturated rings. The van der Waals surface area contributed by atoms with Crippen LogP contribution in [0.3, 0.4) is 0 Å². The third-order valence-corrected chi connectivity index (χ3v) is 6.71. The van der Waals surface area contributed by atoms with Crippen molar-refractivity contribution in [2.24, 2.45) is 0 Å². The Balaban J connectivity index is 1.30. The number of carbonyl (C=O) groups excluding carboxylic acids is 1. The third-order valence-electron chi connectivity index (χ3n) is 5.71. The smallest absolute Gasteiger partial charge is 0.261 e. The summed E-state index contributed by atoms with van der Waals surface area (Å²) >= 11 is 1.56. The number of imidazole rings is 1. The van der Waals surface area contributed by atoms with Crippen LogP contribution < -0.4 is 10.1 Å². The summed E-state index contributed by atoms with van der Waals surface area (Å²) in [7, 11) is 0. The Hall–Kier alpha value is -3.23. The molecule has 32 heavy (non-hydrogen) atoms. The molecule has 0 unspecified atom stereocenters. The maximum atomic E-state index is 13.0. The van der Waals surface area contributed by atoms with E-state index >= 15 is 0 Å². The summed E-state index contributed by atoms with van der Waals surface area (Å²) < 4.78 is 7.98. The van der Waals surface area contributed by atoms with Crippen LogP contribution in [0.25, 0.3) is 5.65 Å². The number of nitrogens with zero attached hydrogens (tertiary/aromatic N) is 4. The number of aryl methyl sites for hydroxylation is 1. The van der Waals surface area contributed by atoms with E-state index in [2.05, 4.69) is 27.1 Å². The lowest BCUT2D eigenvalue weighted by Crippen LogP contribution is -2.29. The highest BCUT2D eigenvalue weighted by molar-refractivity contribution is 7.15. The van der Waals surface area contributed by atoms with E-state index in [1.165, 1.54) is 4.88 Å². The molecule has 0 saturated carbocycles. The molecule has 1 N–H and O–H groups in total. The summed E-state index contributed by atoms with van der Waals surface area (Å²) in [5.74, 6) is 0.308. The van der Waals surface area contributed by atoms with Gasteiger partial charge in [0.1, 0.15) is 18.0 Å². The van der Waals surface area contributed by atoms with Crippen molar-refractivity contribution in [2.45, 2.75) is 33.4 Å². The zero-order chi connectivity index (χ0) is 22.1. The summed E-state index contributed by atoms with van der Waals surface area (Å²) in [6.45, 7) is 7.42. The van der Waals surface area contributed by atoms with Crippen LogP contribution >= 0.6 is 11.3 Å². The van der Waals surface area contributed by atoms with Gasteiger partial charge < -0.3 is 9.14 Å². The number of hydrogen-bond donors (Lipinski definition) is 1. The van der Waals surface area contributed by atoms with Crippen LogP contribution in [0.2, 0.25) is 0 Å². The summed E-state index contributed by atoms with van der Waals surface area (Å²) in [4.78, 5) is 25.9. The summed E-state index contributed by atoms with van der Waals surface area (Å²) in [5.41, 5.74) is 4.40. The number of anilines is 1. The van der Waals surface area contributed by atoms with Gasteiger partial charge in [0.15, 0.2) is 5.13 Å². The number of benzene rings is 1. The molecule has 0 saturated heterocycles. The highest BCUT2D eigenvalue weighted by Gasteiger charge is 2.21. The molecule has 3 aromatic heterocycles. The van der Waals surface area contributed by atoms with E-state index in [-0.39, 0.29) is 12.5 Å². The van der Waals surface area contributed by atoms with Crippen molar-refractivity contribution in [1.29, 1.82) is 0 Å². The molecule has 8 heteroatoms. The molecule has 0 spiro atoms. The minimum atomic E-state index is -0.218. The molecule has 4 aromatic rings. The number of hydrogen-bond acceptors (Lipinski definition) is 6. The van der Waals surface area contributed by atoms with Gasteiger partial charge >= 0.3 is 0 Å². The number of likely N-dealkylation sites (N-methyl/N-ethyl adjacent to an activating group) is 1. The van der Waals surface area contributed by atoms with E-state index in [1.807, 2.05) is 54.0 Å². The van der Waals surface area contributed by atoms with E-state index in [4.69, 9.17) is 4.74 Å². The maximum absolute atomic E-state index is 13.0. The minimum Gasteiger partial charge on any atom is -0.486 e. The largest absolute Gasteiger partial charge is 0.486 e. The fourth-order valence-corrected chi connectivity index (χ4v) is 4.99. The van der Waals surface area contributed by atoms with Gasteiger partial charge in [0.2, 0.25) is 0 Å². The summed E-state index contributed by atoms with van der Waals surface area (Å²) in [6, 6.07) is 11.3. The molecular weight excluding hydrogens is 422 g/mol. The second-order valence-electron chi connectivity index (χ2n) is 7.90. The first kappa shape index (κ1) is 20.7. The molecule has 0 radical (unpaired) electrons. The highest BCUT2D eigenvalue weighted by Crippen LogP contribution is 2.29. The second-order valence-corrected chi connectivity index (χ2v) is 8.98. The monoisotopic (exact) mass is 447 g/mol. The van der Waals surface area contributed by atoms with Crippen molar-refractivity contribution in [3.05, 3.63) is 76.2 Å². The number of ether oxygens (including phenoxy) is 1. The number of rotatable bonds is 6. The van der Waals surface area contributed by atoms with Gasteiger partial charge in [-0.15, -0.1) is 11.3 Å². The van der Waals surface area contributed by atoms with E-state index < -0.39 is 0 Å². The lowest BCUT2D eigenvalue weighted by atomic mass is 10.2. The number of pyridine rings is 1. The Kier molecular flexibility index (Phi) is 5.63. The Morgan fingerprint density at radius 1 is 1.22 bits per heavy atom. The van der Waals surface area contributed by atoms with Crippen molar-refractivity contribution in [2.75, 3.05) is 18.4 Å². The molecule has 5 rings (SSSR count). The Bertz CT molecular complexity index is 1280. The maximum Gasteiger partial charge on any atom is 0.261 e. The molecule has 1 amide bonds. The summed E-state index contributed by atoms with van der Waals surface area (Å²) in [6.07, 6.45) is 4.84. The van der Waals surface area contributed by atoms with Crippen LogP contribution in [0.4, 0.5) is 5.13 Å². The van der Waals surface area contributed by atoms with Gasteiger partial charge in [0.25, 0.3) is 5.91 Å². The van der Waals surface area contributed by atoms with E-state index in [9.17, 15) is 4.79 Å². The van der Waals surface area contributed by atoms with Crippen LogP contribution in [0, 0.1) is 6.92 Å². The topological polar surface area (TPSA) is 71.8 Å². The number of carbonyl (C=O) groups is 1. The fourth-order valence-electron chi connectivity index (χ4n) is 3.94. The third kappa shape index (κ3) is 4.11. The zero-order valence-electron chi connectivity index (χ0n) is 18.2. The van der Waals surface area contributed by atoms with Gasteiger partial charge in [-0.25, -0.2) is 9.97 Å². The Morgan fingerprint density at radius 2 is 2.09 bits per heavy atom. The molecule has 1 aromatic carbocycles. The first-order valence-corrected chi connectivity index (χ1v) is 11.6. The van der Waals surface area contributed by atoms with E-state index in [0.717, 1.165) is 48.7 Å². The Morgan fingerprint density at radius 3 is 2.94 bits per heavy atom. The molecule has 0 bridgehead atoms. The van der Waals surface area contributed by atoms with Gasteiger partial charge in [0.05, 0.1) is 17.0 Å². The van der Waals surface area contributed by atoms with Crippen molar-refractivity contribution in [1.82, 2.24) is 19.3 Å². The number of nitrogens with one attached hydrogen (secondary N) is 1. The molecule has 1 aliphatic heterocycles. The van der Waals surface area contributed by atoms with Crippen molar-refractivity contribution in [3.63, 3.8) is 0 Å². The van der Waals surface area contributed by atoms with Crippen molar-refractivity contribution >= 4 is 28.0 Å². The van der Waals surface area contributed by atoms with Crippen molar-refractivity contribution in [3.8, 4) is 5.75 Å². The SMILES string of the molecule is CCN1CCc2nc(NC(=O)c3ccccc3OCc3cn4cccc(C)c4n3)sc2C1. The number of aromatic nitrogens is 3. The van der Waals surface area contributed by atoms with Gasteiger partial charge in [0, 0.05) is 36.8 Å².